The first kappa shape index (κ1) is 19.3. The monoisotopic (exact) mass is 389 g/mol. The summed E-state index contributed by atoms with van der Waals surface area (Å²) in [6.45, 7) is 0. The molecule has 0 aliphatic rings. The van der Waals surface area contributed by atoms with Gasteiger partial charge in [-0.25, -0.2) is 8.42 Å². The Balaban J connectivity index is 2.12. The van der Waals surface area contributed by atoms with Crippen LogP contribution in [0.15, 0.2) is 53.4 Å². The first-order chi connectivity index (χ1) is 12.0. The van der Waals surface area contributed by atoms with E-state index in [1.54, 1.807) is 4.83 Å². The third kappa shape index (κ3) is 4.55. The molecular formula is C14H10F3N3O5S. The Labute approximate surface area is 144 Å². The van der Waals surface area contributed by atoms with Gasteiger partial charge in [-0.15, -0.1) is 4.83 Å². The van der Waals surface area contributed by atoms with E-state index in [0.717, 1.165) is 36.4 Å². The number of hydrazine groups is 1. The highest BCUT2D eigenvalue weighted by atomic mass is 32.2. The quantitative estimate of drug-likeness (QED) is 0.601. The molecule has 0 spiro atoms. The summed E-state index contributed by atoms with van der Waals surface area (Å²) in [5, 5.41) is 10.5. The fourth-order valence-electron chi connectivity index (χ4n) is 1.82. The summed E-state index contributed by atoms with van der Waals surface area (Å²) in [4.78, 5) is 22.7. The smallest absolute Gasteiger partial charge is 0.273 e. The Morgan fingerprint density at radius 2 is 1.69 bits per heavy atom. The van der Waals surface area contributed by atoms with E-state index >= 15 is 0 Å². The molecule has 0 saturated heterocycles. The SMILES string of the molecule is O=C(NNS(=O)(=O)c1cccc(C(F)(F)F)c1)c1ccc([N+](=O)[O-])cc1. The number of nitro groups is 1. The maximum atomic E-state index is 12.6. The molecular weight excluding hydrogens is 379 g/mol. The summed E-state index contributed by atoms with van der Waals surface area (Å²) in [6.07, 6.45) is -4.73. The zero-order valence-corrected chi connectivity index (χ0v) is 13.5. The molecule has 8 nitrogen and oxygen atoms in total. The number of halogens is 3. The largest absolute Gasteiger partial charge is 0.416 e. The normalized spacial score (nSPS) is 11.8. The topological polar surface area (TPSA) is 118 Å². The van der Waals surface area contributed by atoms with Crippen LogP contribution in [0, 0.1) is 10.1 Å². The molecule has 0 aliphatic heterocycles. The van der Waals surface area contributed by atoms with E-state index in [0.29, 0.717) is 12.1 Å². The number of benzene rings is 2. The lowest BCUT2D eigenvalue weighted by Crippen LogP contribution is -2.41. The molecule has 2 rings (SSSR count). The number of nitrogens with one attached hydrogen (secondary N) is 2. The zero-order valence-electron chi connectivity index (χ0n) is 12.6. The van der Waals surface area contributed by atoms with Crippen molar-refractivity contribution in [2.24, 2.45) is 0 Å². The molecule has 12 heteroatoms. The van der Waals surface area contributed by atoms with Crippen LogP contribution >= 0.6 is 0 Å². The van der Waals surface area contributed by atoms with Crippen molar-refractivity contribution in [2.75, 3.05) is 0 Å². The standard InChI is InChI=1S/C14H10F3N3O5S/c15-14(16,17)10-2-1-3-12(8-10)26(24,25)19-18-13(21)9-4-6-11(7-5-9)20(22)23/h1-8,19H,(H,18,21). The van der Waals surface area contributed by atoms with Crippen molar-refractivity contribution in [1.82, 2.24) is 10.3 Å². The summed E-state index contributed by atoms with van der Waals surface area (Å²) >= 11 is 0. The van der Waals surface area contributed by atoms with Crippen molar-refractivity contribution in [2.45, 2.75) is 11.1 Å². The van der Waals surface area contributed by atoms with Crippen molar-refractivity contribution in [3.8, 4) is 0 Å². The van der Waals surface area contributed by atoms with Gasteiger partial charge in [-0.3, -0.25) is 20.3 Å². The van der Waals surface area contributed by atoms with Gasteiger partial charge in [-0.1, -0.05) is 6.07 Å². The molecule has 0 radical (unpaired) electrons. The van der Waals surface area contributed by atoms with Gasteiger partial charge in [0.25, 0.3) is 21.6 Å². The molecule has 0 saturated carbocycles. The van der Waals surface area contributed by atoms with Crippen LogP contribution in [0.4, 0.5) is 18.9 Å². The minimum absolute atomic E-state index is 0.0951. The number of amides is 1. The van der Waals surface area contributed by atoms with Crippen molar-refractivity contribution in [3.05, 3.63) is 69.8 Å². The van der Waals surface area contributed by atoms with Gasteiger partial charge in [0, 0.05) is 17.7 Å². The first-order valence-electron chi connectivity index (χ1n) is 6.74. The Morgan fingerprint density at radius 3 is 2.23 bits per heavy atom. The van der Waals surface area contributed by atoms with Crippen LogP contribution in [0.3, 0.4) is 0 Å². The molecule has 1 amide bonds. The number of non-ortho nitro benzene ring substituents is 1. The van der Waals surface area contributed by atoms with E-state index in [-0.39, 0.29) is 11.3 Å². The predicted octanol–water partition coefficient (Wildman–Crippen LogP) is 2.24. The number of sulfonamides is 1. The van der Waals surface area contributed by atoms with E-state index in [2.05, 4.69) is 0 Å². The Bertz CT molecular complexity index is 943. The molecule has 0 aliphatic carbocycles. The molecule has 0 bridgehead atoms. The number of alkyl halides is 3. The average Bonchev–Trinajstić information content (AvgIpc) is 2.59. The third-order valence-electron chi connectivity index (χ3n) is 3.11. The van der Waals surface area contributed by atoms with Crippen LogP contribution in [0.25, 0.3) is 0 Å². The van der Waals surface area contributed by atoms with Gasteiger partial charge in [0.15, 0.2) is 0 Å². The molecule has 0 heterocycles. The number of carbonyl (C=O) groups is 1. The van der Waals surface area contributed by atoms with E-state index in [9.17, 15) is 36.5 Å². The van der Waals surface area contributed by atoms with Crippen LogP contribution in [-0.4, -0.2) is 19.2 Å². The molecule has 0 aromatic heterocycles. The highest BCUT2D eigenvalue weighted by molar-refractivity contribution is 7.89. The van der Waals surface area contributed by atoms with Crippen molar-refractivity contribution in [3.63, 3.8) is 0 Å². The van der Waals surface area contributed by atoms with Crippen LogP contribution < -0.4 is 10.3 Å². The number of carbonyl (C=O) groups excluding carboxylic acids is 1. The number of hydrogen-bond donors (Lipinski definition) is 2. The van der Waals surface area contributed by atoms with Gasteiger partial charge in [0.1, 0.15) is 0 Å². The second kappa shape index (κ2) is 7.09. The van der Waals surface area contributed by atoms with Gasteiger partial charge in [-0.05, 0) is 30.3 Å². The van der Waals surface area contributed by atoms with Crippen molar-refractivity contribution >= 4 is 21.6 Å². The Hall–Kier alpha value is -2.99. The zero-order chi connectivity index (χ0) is 19.5. The lowest BCUT2D eigenvalue weighted by molar-refractivity contribution is -0.384. The number of hydrogen-bond acceptors (Lipinski definition) is 5. The van der Waals surface area contributed by atoms with Crippen LogP contribution in [0.2, 0.25) is 0 Å². The highest BCUT2D eigenvalue weighted by Crippen LogP contribution is 2.30. The van der Waals surface area contributed by atoms with Crippen LogP contribution in [-0.2, 0) is 16.2 Å². The van der Waals surface area contributed by atoms with E-state index < -0.39 is 37.5 Å². The Kier molecular flexibility index (Phi) is 5.28. The van der Waals surface area contributed by atoms with Gasteiger partial charge < -0.3 is 0 Å². The minimum atomic E-state index is -4.73. The number of rotatable bonds is 5. The lowest BCUT2D eigenvalue weighted by atomic mass is 10.2. The third-order valence-corrected chi connectivity index (χ3v) is 4.36. The molecule has 2 N–H and O–H groups in total. The number of nitrogens with zero attached hydrogens (tertiary/aromatic N) is 1. The lowest BCUT2D eigenvalue weighted by Gasteiger charge is -2.11. The second-order valence-electron chi connectivity index (χ2n) is 4.89. The fraction of sp³-hybridized carbons (Fsp3) is 0.0714. The van der Waals surface area contributed by atoms with Gasteiger partial charge in [-0.2, -0.15) is 13.2 Å². The maximum absolute atomic E-state index is 12.6. The molecule has 0 atom stereocenters. The van der Waals surface area contributed by atoms with Gasteiger partial charge >= 0.3 is 6.18 Å². The summed E-state index contributed by atoms with van der Waals surface area (Å²) in [7, 11) is -4.46. The molecule has 2 aromatic rings. The summed E-state index contributed by atoms with van der Waals surface area (Å²) in [5.41, 5.74) is 0.285. The van der Waals surface area contributed by atoms with E-state index in [4.69, 9.17) is 0 Å². The Morgan fingerprint density at radius 1 is 1.08 bits per heavy atom. The first-order valence-corrected chi connectivity index (χ1v) is 8.23. The second-order valence-corrected chi connectivity index (χ2v) is 6.57. The molecule has 0 fully saturated rings. The van der Waals surface area contributed by atoms with Gasteiger partial charge in [0.2, 0.25) is 0 Å². The van der Waals surface area contributed by atoms with Crippen molar-refractivity contribution in [1.29, 1.82) is 0 Å². The van der Waals surface area contributed by atoms with E-state index in [1.165, 1.54) is 0 Å². The summed E-state index contributed by atoms with van der Waals surface area (Å²) in [6, 6.07) is 7.21. The average molecular weight is 389 g/mol. The minimum Gasteiger partial charge on any atom is -0.273 e. The molecule has 0 unspecified atom stereocenters. The van der Waals surface area contributed by atoms with Crippen LogP contribution in [0.5, 0.6) is 0 Å². The van der Waals surface area contributed by atoms with Crippen LogP contribution in [0.1, 0.15) is 15.9 Å². The van der Waals surface area contributed by atoms with Gasteiger partial charge in [0.05, 0.1) is 15.4 Å². The predicted molar refractivity (Wildman–Crippen MR) is 82.3 cm³/mol. The van der Waals surface area contributed by atoms with Crippen molar-refractivity contribution < 1.29 is 31.3 Å². The number of nitro benzene ring substituents is 1. The van der Waals surface area contributed by atoms with E-state index in [1.807, 2.05) is 5.43 Å². The summed E-state index contributed by atoms with van der Waals surface area (Å²) in [5.74, 6) is -0.949. The maximum Gasteiger partial charge on any atom is 0.416 e. The fourth-order valence-corrected chi connectivity index (χ4v) is 2.70. The molecule has 138 valence electrons. The summed E-state index contributed by atoms with van der Waals surface area (Å²) < 4.78 is 62.0. The molecule has 2 aromatic carbocycles. The molecule has 26 heavy (non-hydrogen) atoms. The highest BCUT2D eigenvalue weighted by Gasteiger charge is 2.31.